The third kappa shape index (κ3) is 2.26. The molecule has 0 aliphatic heterocycles. The molecule has 82 valence electrons. The van der Waals surface area contributed by atoms with Crippen molar-refractivity contribution in [1.82, 2.24) is 0 Å². The van der Waals surface area contributed by atoms with E-state index in [9.17, 15) is 18.0 Å². The number of halogens is 3. The van der Waals surface area contributed by atoms with E-state index in [1.165, 1.54) is 6.92 Å². The van der Waals surface area contributed by atoms with E-state index < -0.39 is 23.6 Å². The van der Waals surface area contributed by atoms with Crippen molar-refractivity contribution >= 4 is 23.1 Å². The van der Waals surface area contributed by atoms with Gasteiger partial charge >= 0.3 is 12.1 Å². The number of carboxylic acids is 1. The molecule has 2 nitrogen and oxygen atoms in total. The first-order valence-electron chi connectivity index (χ1n) is 4.01. The molecule has 1 rings (SSSR count). The number of carboxylic acid groups (broad SMARTS) is 1. The van der Waals surface area contributed by atoms with Crippen molar-refractivity contribution in [2.75, 3.05) is 0 Å². The summed E-state index contributed by atoms with van der Waals surface area (Å²) in [7, 11) is 0. The molecule has 1 atom stereocenters. The fourth-order valence-electron chi connectivity index (χ4n) is 1.26. The number of thiocarbonyl (C=S) groups is 1. The van der Waals surface area contributed by atoms with Crippen molar-refractivity contribution in [2.24, 2.45) is 5.92 Å². The number of carbonyl (C=O) groups is 1. The Morgan fingerprint density at radius 3 is 2.40 bits per heavy atom. The van der Waals surface area contributed by atoms with E-state index in [1.54, 1.807) is 0 Å². The van der Waals surface area contributed by atoms with E-state index in [0.717, 1.165) is 6.08 Å². The van der Waals surface area contributed by atoms with Crippen LogP contribution in [-0.2, 0) is 4.79 Å². The number of alkyl halides is 3. The zero-order chi connectivity index (χ0) is 11.8. The summed E-state index contributed by atoms with van der Waals surface area (Å²) in [5.74, 6) is -2.14. The van der Waals surface area contributed by atoms with Gasteiger partial charge in [-0.2, -0.15) is 13.2 Å². The van der Waals surface area contributed by atoms with Gasteiger partial charge < -0.3 is 5.11 Å². The maximum absolute atomic E-state index is 12.4. The molecule has 0 aromatic rings. The fraction of sp³-hybridized carbons (Fsp3) is 0.333. The SMILES string of the molecule is CC1C(=S)C(C(F)(F)F)=CC=C1C(=O)O. The monoisotopic (exact) mass is 236 g/mol. The first-order valence-corrected chi connectivity index (χ1v) is 4.42. The lowest BCUT2D eigenvalue weighted by Crippen LogP contribution is -2.28. The second-order valence-electron chi connectivity index (χ2n) is 3.09. The topological polar surface area (TPSA) is 37.3 Å². The average molecular weight is 236 g/mol. The molecule has 0 saturated carbocycles. The largest absolute Gasteiger partial charge is 0.478 e. The Morgan fingerprint density at radius 2 is 2.00 bits per heavy atom. The highest BCUT2D eigenvalue weighted by atomic mass is 32.1. The minimum Gasteiger partial charge on any atom is -0.478 e. The number of allylic oxidation sites excluding steroid dienone is 3. The zero-order valence-electron chi connectivity index (χ0n) is 7.63. The van der Waals surface area contributed by atoms with Crippen molar-refractivity contribution in [1.29, 1.82) is 0 Å². The van der Waals surface area contributed by atoms with Crippen molar-refractivity contribution in [3.63, 3.8) is 0 Å². The normalized spacial score (nSPS) is 22.1. The number of aliphatic carboxylic acids is 1. The van der Waals surface area contributed by atoms with Crippen molar-refractivity contribution in [2.45, 2.75) is 13.1 Å². The average Bonchev–Trinajstić information content (AvgIpc) is 2.06. The second-order valence-corrected chi connectivity index (χ2v) is 3.53. The minimum absolute atomic E-state index is 0.118. The summed E-state index contributed by atoms with van der Waals surface area (Å²) in [5, 5.41) is 8.68. The molecule has 6 heteroatoms. The third-order valence-electron chi connectivity index (χ3n) is 2.11. The van der Waals surface area contributed by atoms with Crippen LogP contribution >= 0.6 is 12.2 Å². The van der Waals surface area contributed by atoms with Gasteiger partial charge in [-0.3, -0.25) is 0 Å². The summed E-state index contributed by atoms with van der Waals surface area (Å²) in [6, 6.07) is 0. The molecule has 0 aromatic carbocycles. The molecular formula is C9H7F3O2S. The van der Waals surface area contributed by atoms with Crippen LogP contribution in [0, 0.1) is 5.92 Å². The minimum atomic E-state index is -4.52. The van der Waals surface area contributed by atoms with E-state index >= 15 is 0 Å². The standard InChI is InChI=1S/C9H7F3O2S/c1-4-5(8(13)14)2-3-6(7(4)15)9(10,11)12/h2-4H,1H3,(H,13,14). The van der Waals surface area contributed by atoms with Crippen LogP contribution in [0.5, 0.6) is 0 Å². The van der Waals surface area contributed by atoms with Gasteiger partial charge in [0.25, 0.3) is 0 Å². The second kappa shape index (κ2) is 3.77. The number of hydrogen-bond acceptors (Lipinski definition) is 2. The number of hydrogen-bond donors (Lipinski definition) is 1. The van der Waals surface area contributed by atoms with E-state index in [-0.39, 0.29) is 10.4 Å². The van der Waals surface area contributed by atoms with Gasteiger partial charge in [-0.1, -0.05) is 25.2 Å². The molecule has 1 unspecified atom stereocenters. The third-order valence-corrected chi connectivity index (χ3v) is 2.68. The Balaban J connectivity index is 3.17. The molecule has 0 amide bonds. The molecule has 1 N–H and O–H groups in total. The first kappa shape index (κ1) is 11.9. The molecule has 0 saturated heterocycles. The van der Waals surface area contributed by atoms with Crippen LogP contribution in [0.25, 0.3) is 0 Å². The number of rotatable bonds is 1. The molecule has 0 radical (unpaired) electrons. The molecule has 15 heavy (non-hydrogen) atoms. The first-order chi connectivity index (χ1) is 6.75. The summed E-state index contributed by atoms with van der Waals surface area (Å²) < 4.78 is 37.1. The summed E-state index contributed by atoms with van der Waals surface area (Å²) >= 11 is 4.60. The molecule has 0 fully saturated rings. The van der Waals surface area contributed by atoms with E-state index in [4.69, 9.17) is 5.11 Å². The van der Waals surface area contributed by atoms with Gasteiger partial charge in [-0.25, -0.2) is 4.79 Å². The van der Waals surface area contributed by atoms with Crippen LogP contribution in [0.15, 0.2) is 23.3 Å². The van der Waals surface area contributed by atoms with E-state index in [0.29, 0.717) is 6.08 Å². The van der Waals surface area contributed by atoms with Crippen molar-refractivity contribution in [3.05, 3.63) is 23.3 Å². The van der Waals surface area contributed by atoms with Crippen molar-refractivity contribution < 1.29 is 23.1 Å². The Morgan fingerprint density at radius 1 is 1.47 bits per heavy atom. The van der Waals surface area contributed by atoms with Crippen LogP contribution < -0.4 is 0 Å². The summed E-state index contributed by atoms with van der Waals surface area (Å²) in [5.41, 5.74) is -1.05. The zero-order valence-corrected chi connectivity index (χ0v) is 8.45. The summed E-state index contributed by atoms with van der Waals surface area (Å²) in [6.07, 6.45) is -2.86. The Kier molecular flexibility index (Phi) is 2.99. The van der Waals surface area contributed by atoms with Crippen LogP contribution in [0.1, 0.15) is 6.92 Å². The lowest BCUT2D eigenvalue weighted by molar-refractivity contribution is -0.133. The quantitative estimate of drug-likeness (QED) is 0.711. The summed E-state index contributed by atoms with van der Waals surface area (Å²) in [6.45, 7) is 1.35. The molecule has 0 bridgehead atoms. The maximum atomic E-state index is 12.4. The van der Waals surface area contributed by atoms with E-state index in [2.05, 4.69) is 12.2 Å². The lowest BCUT2D eigenvalue weighted by atomic mass is 9.88. The molecule has 1 aliphatic carbocycles. The highest BCUT2D eigenvalue weighted by Crippen LogP contribution is 2.34. The Labute approximate surface area is 89.1 Å². The van der Waals surface area contributed by atoms with Gasteiger partial charge in [0, 0.05) is 16.4 Å². The predicted molar refractivity (Wildman–Crippen MR) is 51.6 cm³/mol. The van der Waals surface area contributed by atoms with Crippen molar-refractivity contribution in [3.8, 4) is 0 Å². The van der Waals surface area contributed by atoms with Gasteiger partial charge in [0.1, 0.15) is 0 Å². The van der Waals surface area contributed by atoms with Crippen LogP contribution in [0.2, 0.25) is 0 Å². The van der Waals surface area contributed by atoms with Crippen LogP contribution in [0.3, 0.4) is 0 Å². The van der Waals surface area contributed by atoms with Crippen LogP contribution in [-0.4, -0.2) is 22.1 Å². The lowest BCUT2D eigenvalue weighted by Gasteiger charge is -2.21. The Hall–Kier alpha value is -1.17. The molecule has 0 spiro atoms. The van der Waals surface area contributed by atoms with Gasteiger partial charge in [0.05, 0.1) is 5.57 Å². The highest BCUT2D eigenvalue weighted by Gasteiger charge is 2.40. The van der Waals surface area contributed by atoms with E-state index in [1.807, 2.05) is 0 Å². The van der Waals surface area contributed by atoms with Gasteiger partial charge in [-0.05, 0) is 6.08 Å². The molecule has 0 heterocycles. The molecule has 0 aromatic heterocycles. The Bertz CT molecular complexity index is 379. The smallest absolute Gasteiger partial charge is 0.417 e. The van der Waals surface area contributed by atoms with Crippen LogP contribution in [0.4, 0.5) is 13.2 Å². The predicted octanol–water partition coefficient (Wildman–Crippen LogP) is 2.51. The van der Waals surface area contributed by atoms with Gasteiger partial charge in [-0.15, -0.1) is 0 Å². The molecular weight excluding hydrogens is 229 g/mol. The fourth-order valence-corrected chi connectivity index (χ4v) is 1.58. The van der Waals surface area contributed by atoms with Gasteiger partial charge in [0.2, 0.25) is 0 Å². The summed E-state index contributed by atoms with van der Waals surface area (Å²) in [4.78, 5) is 10.3. The molecule has 1 aliphatic rings. The highest BCUT2D eigenvalue weighted by molar-refractivity contribution is 7.81. The van der Waals surface area contributed by atoms with Gasteiger partial charge in [0.15, 0.2) is 0 Å². The maximum Gasteiger partial charge on any atom is 0.417 e.